The molecule has 0 saturated carbocycles. The largest absolute Gasteiger partial charge is 0.466 e. The Labute approximate surface area is 121 Å². The van der Waals surface area contributed by atoms with Crippen LogP contribution in [0, 0.1) is 5.82 Å². The molecule has 0 aliphatic rings. The number of ether oxygens (including phenoxy) is 1. The minimum Gasteiger partial charge on any atom is -0.466 e. The van der Waals surface area contributed by atoms with Gasteiger partial charge in [-0.1, -0.05) is 0 Å². The van der Waals surface area contributed by atoms with E-state index in [4.69, 9.17) is 4.74 Å². The minimum atomic E-state index is -0.602. The van der Waals surface area contributed by atoms with Crippen molar-refractivity contribution in [2.45, 2.75) is 26.7 Å². The van der Waals surface area contributed by atoms with Gasteiger partial charge in [-0.05, 0) is 25.1 Å². The summed E-state index contributed by atoms with van der Waals surface area (Å²) in [6.45, 7) is 3.20. The number of hydrogen-bond donors (Lipinski definition) is 2. The van der Waals surface area contributed by atoms with Crippen molar-refractivity contribution in [2.75, 3.05) is 17.2 Å². The summed E-state index contributed by atoms with van der Waals surface area (Å²) in [5, 5.41) is 4.83. The van der Waals surface area contributed by atoms with E-state index in [-0.39, 0.29) is 25.1 Å². The van der Waals surface area contributed by atoms with Crippen molar-refractivity contribution < 1.29 is 23.5 Å². The van der Waals surface area contributed by atoms with Gasteiger partial charge < -0.3 is 15.4 Å². The van der Waals surface area contributed by atoms with Gasteiger partial charge >= 0.3 is 5.97 Å². The SMILES string of the molecule is CCOC(=O)CCC(=O)Nc1ccc(F)c(NC(C)=O)c1. The highest BCUT2D eigenvalue weighted by atomic mass is 19.1. The monoisotopic (exact) mass is 296 g/mol. The van der Waals surface area contributed by atoms with Crippen molar-refractivity contribution >= 4 is 29.2 Å². The molecule has 0 heterocycles. The van der Waals surface area contributed by atoms with Gasteiger partial charge in [-0.25, -0.2) is 4.39 Å². The summed E-state index contributed by atoms with van der Waals surface area (Å²) in [6.07, 6.45) is -0.0644. The molecule has 21 heavy (non-hydrogen) atoms. The van der Waals surface area contributed by atoms with Gasteiger partial charge in [-0.15, -0.1) is 0 Å². The van der Waals surface area contributed by atoms with E-state index >= 15 is 0 Å². The summed E-state index contributed by atoms with van der Waals surface area (Å²) in [4.78, 5) is 33.7. The zero-order chi connectivity index (χ0) is 15.8. The third-order valence-electron chi connectivity index (χ3n) is 2.42. The maximum absolute atomic E-state index is 13.4. The van der Waals surface area contributed by atoms with Crippen LogP contribution in [0.1, 0.15) is 26.7 Å². The molecule has 0 unspecified atom stereocenters. The second kappa shape index (κ2) is 7.98. The summed E-state index contributed by atoms with van der Waals surface area (Å²) < 4.78 is 18.1. The van der Waals surface area contributed by atoms with Gasteiger partial charge in [0.1, 0.15) is 5.82 Å². The number of nitrogens with one attached hydrogen (secondary N) is 2. The minimum absolute atomic E-state index is 0.0225. The van der Waals surface area contributed by atoms with Crippen LogP contribution in [-0.2, 0) is 19.1 Å². The van der Waals surface area contributed by atoms with Crippen LogP contribution < -0.4 is 10.6 Å². The molecule has 0 saturated heterocycles. The Morgan fingerprint density at radius 3 is 2.52 bits per heavy atom. The average Bonchev–Trinajstić information content (AvgIpc) is 2.40. The Bertz CT molecular complexity index is 546. The fraction of sp³-hybridized carbons (Fsp3) is 0.357. The standard InChI is InChI=1S/C14H17FN2O4/c1-3-21-14(20)7-6-13(19)17-10-4-5-11(15)12(8-10)16-9(2)18/h4-5,8H,3,6-7H2,1-2H3,(H,16,18)(H,17,19). The molecule has 1 rings (SSSR count). The summed E-state index contributed by atoms with van der Waals surface area (Å²) in [5.41, 5.74) is 0.305. The zero-order valence-electron chi connectivity index (χ0n) is 11.9. The van der Waals surface area contributed by atoms with Crippen LogP contribution in [0.5, 0.6) is 0 Å². The van der Waals surface area contributed by atoms with Crippen molar-refractivity contribution in [1.29, 1.82) is 0 Å². The smallest absolute Gasteiger partial charge is 0.306 e. The summed E-state index contributed by atoms with van der Waals surface area (Å²) in [5.74, 6) is -1.87. The molecule has 0 radical (unpaired) electrons. The van der Waals surface area contributed by atoms with Crippen LogP contribution in [0.3, 0.4) is 0 Å². The zero-order valence-corrected chi connectivity index (χ0v) is 11.9. The summed E-state index contributed by atoms with van der Waals surface area (Å²) in [6, 6.07) is 3.80. The molecule has 2 amide bonds. The highest BCUT2D eigenvalue weighted by Crippen LogP contribution is 2.19. The lowest BCUT2D eigenvalue weighted by atomic mass is 10.2. The molecule has 114 valence electrons. The number of anilines is 2. The lowest BCUT2D eigenvalue weighted by molar-refractivity contribution is -0.144. The Hall–Kier alpha value is -2.44. The van der Waals surface area contributed by atoms with E-state index in [9.17, 15) is 18.8 Å². The molecule has 0 spiro atoms. The molecule has 6 nitrogen and oxygen atoms in total. The molecule has 0 bridgehead atoms. The molecule has 1 aromatic rings. The highest BCUT2D eigenvalue weighted by Gasteiger charge is 2.10. The van der Waals surface area contributed by atoms with Gasteiger partial charge in [-0.3, -0.25) is 14.4 Å². The second-order valence-corrected chi connectivity index (χ2v) is 4.23. The molecule has 0 fully saturated rings. The molecule has 0 aromatic heterocycles. The predicted molar refractivity (Wildman–Crippen MR) is 75.2 cm³/mol. The molecule has 0 aliphatic heterocycles. The number of hydrogen-bond acceptors (Lipinski definition) is 4. The van der Waals surface area contributed by atoms with Gasteiger partial charge in [0.25, 0.3) is 0 Å². The molecule has 0 atom stereocenters. The van der Waals surface area contributed by atoms with Gasteiger partial charge in [0.05, 0.1) is 18.7 Å². The van der Waals surface area contributed by atoms with Crippen LogP contribution >= 0.6 is 0 Å². The van der Waals surface area contributed by atoms with Crippen molar-refractivity contribution in [3.8, 4) is 0 Å². The van der Waals surface area contributed by atoms with Crippen molar-refractivity contribution in [3.05, 3.63) is 24.0 Å². The van der Waals surface area contributed by atoms with Crippen LogP contribution in [0.2, 0.25) is 0 Å². The second-order valence-electron chi connectivity index (χ2n) is 4.23. The van der Waals surface area contributed by atoms with Crippen molar-refractivity contribution in [2.24, 2.45) is 0 Å². The van der Waals surface area contributed by atoms with E-state index in [0.717, 1.165) is 6.07 Å². The van der Waals surface area contributed by atoms with E-state index < -0.39 is 23.6 Å². The molecular weight excluding hydrogens is 279 g/mol. The number of benzene rings is 1. The Balaban J connectivity index is 2.60. The van der Waals surface area contributed by atoms with Crippen LogP contribution in [0.25, 0.3) is 0 Å². The molecule has 7 heteroatoms. The van der Waals surface area contributed by atoms with Gasteiger partial charge in [0, 0.05) is 19.0 Å². The van der Waals surface area contributed by atoms with E-state index in [1.807, 2.05) is 0 Å². The Kier molecular flexibility index (Phi) is 6.32. The topological polar surface area (TPSA) is 84.5 Å². The Morgan fingerprint density at radius 2 is 1.90 bits per heavy atom. The van der Waals surface area contributed by atoms with E-state index in [0.29, 0.717) is 5.69 Å². The number of rotatable bonds is 6. The van der Waals surface area contributed by atoms with Gasteiger partial charge in [0.2, 0.25) is 11.8 Å². The lowest BCUT2D eigenvalue weighted by Gasteiger charge is -2.09. The normalized spacial score (nSPS) is 9.86. The quantitative estimate of drug-likeness (QED) is 0.787. The van der Waals surface area contributed by atoms with E-state index in [1.54, 1.807) is 6.92 Å². The maximum Gasteiger partial charge on any atom is 0.306 e. The number of halogens is 1. The fourth-order valence-electron chi connectivity index (χ4n) is 1.56. The Morgan fingerprint density at radius 1 is 1.19 bits per heavy atom. The lowest BCUT2D eigenvalue weighted by Crippen LogP contribution is -2.15. The van der Waals surface area contributed by atoms with Crippen LogP contribution in [0.4, 0.5) is 15.8 Å². The van der Waals surface area contributed by atoms with Crippen molar-refractivity contribution in [3.63, 3.8) is 0 Å². The van der Waals surface area contributed by atoms with E-state index in [1.165, 1.54) is 19.1 Å². The molecular formula is C14H17FN2O4. The van der Waals surface area contributed by atoms with Gasteiger partial charge in [-0.2, -0.15) is 0 Å². The van der Waals surface area contributed by atoms with Crippen molar-refractivity contribution in [1.82, 2.24) is 0 Å². The number of carbonyl (C=O) groups excluding carboxylic acids is 3. The van der Waals surface area contributed by atoms with E-state index in [2.05, 4.69) is 10.6 Å². The van der Waals surface area contributed by atoms with Crippen LogP contribution in [-0.4, -0.2) is 24.4 Å². The number of carbonyl (C=O) groups is 3. The number of amides is 2. The van der Waals surface area contributed by atoms with Crippen LogP contribution in [0.15, 0.2) is 18.2 Å². The third kappa shape index (κ3) is 6.03. The highest BCUT2D eigenvalue weighted by molar-refractivity contribution is 5.94. The number of esters is 1. The molecule has 0 aliphatic carbocycles. The summed E-state index contributed by atoms with van der Waals surface area (Å²) in [7, 11) is 0. The predicted octanol–water partition coefficient (Wildman–Crippen LogP) is 2.07. The van der Waals surface area contributed by atoms with Gasteiger partial charge in [0.15, 0.2) is 0 Å². The average molecular weight is 296 g/mol. The summed E-state index contributed by atoms with van der Waals surface area (Å²) >= 11 is 0. The first kappa shape index (κ1) is 16.6. The maximum atomic E-state index is 13.4. The first-order chi connectivity index (χ1) is 9.92. The molecule has 2 N–H and O–H groups in total. The molecule has 1 aromatic carbocycles. The first-order valence-electron chi connectivity index (χ1n) is 6.45. The third-order valence-corrected chi connectivity index (χ3v) is 2.42. The first-order valence-corrected chi connectivity index (χ1v) is 6.45. The fourth-order valence-corrected chi connectivity index (χ4v) is 1.56.